The first kappa shape index (κ1) is 21.8. The van der Waals surface area contributed by atoms with E-state index in [1.54, 1.807) is 18.2 Å². The summed E-state index contributed by atoms with van der Waals surface area (Å²) in [7, 11) is 0. The maximum Gasteiger partial charge on any atom is 0.251 e. The lowest BCUT2D eigenvalue weighted by molar-refractivity contribution is -0.136. The smallest absolute Gasteiger partial charge is 0.251 e. The van der Waals surface area contributed by atoms with Crippen LogP contribution in [0.15, 0.2) is 24.3 Å². The number of ether oxygens (including phenoxy) is 1. The second kappa shape index (κ2) is 8.96. The first-order valence-corrected chi connectivity index (χ1v) is 11.3. The van der Waals surface area contributed by atoms with Crippen molar-refractivity contribution in [3.05, 3.63) is 24.3 Å². The third-order valence-corrected chi connectivity index (χ3v) is 7.00. The van der Waals surface area contributed by atoms with Gasteiger partial charge < -0.3 is 10.5 Å². The van der Waals surface area contributed by atoms with Gasteiger partial charge in [0.2, 0.25) is 11.8 Å². The van der Waals surface area contributed by atoms with Gasteiger partial charge in [-0.25, -0.2) is 4.90 Å². The Morgan fingerprint density at radius 1 is 1.13 bits per heavy atom. The van der Waals surface area contributed by atoms with Crippen LogP contribution in [0.5, 0.6) is 5.75 Å². The van der Waals surface area contributed by atoms with Gasteiger partial charge in [-0.15, -0.1) is 0 Å². The SMILES string of the molecule is CCOc1cccc(N2C(=O)C[C@H](N3CCC(C(N)=O)(N4CCCCC4)CC3)C2=O)c1. The average Bonchev–Trinajstić information content (AvgIpc) is 3.08. The van der Waals surface area contributed by atoms with Gasteiger partial charge >= 0.3 is 0 Å². The molecule has 1 atom stereocenters. The molecule has 3 heterocycles. The molecule has 0 saturated carbocycles. The van der Waals surface area contributed by atoms with Gasteiger partial charge in [0.05, 0.1) is 24.8 Å². The summed E-state index contributed by atoms with van der Waals surface area (Å²) in [6.45, 7) is 5.36. The highest BCUT2D eigenvalue weighted by Crippen LogP contribution is 2.35. The van der Waals surface area contributed by atoms with Crippen molar-refractivity contribution in [3.63, 3.8) is 0 Å². The van der Waals surface area contributed by atoms with Crippen LogP contribution >= 0.6 is 0 Å². The molecule has 0 aliphatic carbocycles. The number of nitrogens with two attached hydrogens (primary N) is 1. The molecule has 0 bridgehead atoms. The van der Waals surface area contributed by atoms with E-state index in [0.717, 1.165) is 25.9 Å². The Hall–Kier alpha value is -2.45. The summed E-state index contributed by atoms with van der Waals surface area (Å²) in [5, 5.41) is 0. The van der Waals surface area contributed by atoms with Crippen molar-refractivity contribution in [1.82, 2.24) is 9.80 Å². The van der Waals surface area contributed by atoms with Crippen molar-refractivity contribution in [1.29, 1.82) is 0 Å². The van der Waals surface area contributed by atoms with Gasteiger partial charge in [-0.05, 0) is 57.8 Å². The second-order valence-corrected chi connectivity index (χ2v) is 8.70. The molecule has 4 rings (SSSR count). The van der Waals surface area contributed by atoms with Crippen molar-refractivity contribution in [3.8, 4) is 5.75 Å². The van der Waals surface area contributed by atoms with Crippen LogP contribution in [-0.2, 0) is 14.4 Å². The molecular formula is C23H32N4O4. The maximum absolute atomic E-state index is 13.2. The van der Waals surface area contributed by atoms with Crippen molar-refractivity contribution >= 4 is 23.4 Å². The third kappa shape index (κ3) is 4.06. The summed E-state index contributed by atoms with van der Waals surface area (Å²) in [5.74, 6) is -0.0401. The zero-order chi connectivity index (χ0) is 22.0. The minimum atomic E-state index is -0.631. The van der Waals surface area contributed by atoms with E-state index in [1.807, 2.05) is 13.0 Å². The number of carbonyl (C=O) groups is 3. The van der Waals surface area contributed by atoms with Gasteiger partial charge in [0, 0.05) is 19.2 Å². The van der Waals surface area contributed by atoms with Gasteiger partial charge in [-0.3, -0.25) is 24.2 Å². The molecule has 2 N–H and O–H groups in total. The number of hydrogen-bond donors (Lipinski definition) is 1. The molecular weight excluding hydrogens is 396 g/mol. The van der Waals surface area contributed by atoms with Gasteiger partial charge in [-0.1, -0.05) is 12.5 Å². The Labute approximate surface area is 183 Å². The number of amides is 3. The van der Waals surface area contributed by atoms with E-state index in [1.165, 1.54) is 11.3 Å². The molecule has 8 nitrogen and oxygen atoms in total. The second-order valence-electron chi connectivity index (χ2n) is 8.70. The number of likely N-dealkylation sites (tertiary alicyclic amines) is 2. The molecule has 3 saturated heterocycles. The number of carbonyl (C=O) groups excluding carboxylic acids is 3. The van der Waals surface area contributed by atoms with Crippen LogP contribution in [-0.4, -0.2) is 71.9 Å². The van der Waals surface area contributed by atoms with Crippen LogP contribution in [0.3, 0.4) is 0 Å². The van der Waals surface area contributed by atoms with Crippen LogP contribution in [0.25, 0.3) is 0 Å². The van der Waals surface area contributed by atoms with Gasteiger partial charge in [-0.2, -0.15) is 0 Å². The summed E-state index contributed by atoms with van der Waals surface area (Å²) in [4.78, 5) is 44.0. The lowest BCUT2D eigenvalue weighted by Crippen LogP contribution is -2.64. The monoisotopic (exact) mass is 428 g/mol. The Bertz CT molecular complexity index is 844. The minimum Gasteiger partial charge on any atom is -0.494 e. The van der Waals surface area contributed by atoms with E-state index >= 15 is 0 Å². The fourth-order valence-electron chi connectivity index (χ4n) is 5.30. The first-order valence-electron chi connectivity index (χ1n) is 11.3. The molecule has 3 aliphatic rings. The molecule has 0 radical (unpaired) electrons. The number of benzene rings is 1. The highest BCUT2D eigenvalue weighted by molar-refractivity contribution is 6.22. The zero-order valence-corrected chi connectivity index (χ0v) is 18.2. The molecule has 3 amide bonds. The summed E-state index contributed by atoms with van der Waals surface area (Å²) in [5.41, 5.74) is 5.79. The topological polar surface area (TPSA) is 96.2 Å². The molecule has 8 heteroatoms. The van der Waals surface area contributed by atoms with E-state index in [9.17, 15) is 14.4 Å². The molecule has 31 heavy (non-hydrogen) atoms. The number of nitrogens with zero attached hydrogens (tertiary/aromatic N) is 3. The standard InChI is InChI=1S/C23H32N4O4/c1-2-31-18-8-6-7-17(15-18)27-20(28)16-19(21(27)29)25-13-9-23(10-14-25,22(24)30)26-11-4-3-5-12-26/h6-8,15,19H,2-5,9-14,16H2,1H3,(H2,24,30)/t19-/m0/s1. The Morgan fingerprint density at radius 2 is 1.84 bits per heavy atom. The molecule has 168 valence electrons. The highest BCUT2D eigenvalue weighted by atomic mass is 16.5. The number of hydrogen-bond acceptors (Lipinski definition) is 6. The Balaban J connectivity index is 1.46. The highest BCUT2D eigenvalue weighted by Gasteiger charge is 2.49. The molecule has 1 aromatic carbocycles. The number of piperidine rings is 2. The average molecular weight is 429 g/mol. The van der Waals surface area contributed by atoms with Gasteiger partial charge in [0.25, 0.3) is 5.91 Å². The molecule has 0 spiro atoms. The van der Waals surface area contributed by atoms with E-state index in [-0.39, 0.29) is 24.1 Å². The van der Waals surface area contributed by atoms with E-state index in [0.29, 0.717) is 44.0 Å². The number of primary amides is 1. The van der Waals surface area contributed by atoms with E-state index < -0.39 is 11.6 Å². The Morgan fingerprint density at radius 3 is 2.48 bits per heavy atom. The third-order valence-electron chi connectivity index (χ3n) is 7.00. The molecule has 0 aromatic heterocycles. The van der Waals surface area contributed by atoms with Crippen LogP contribution in [0, 0.1) is 0 Å². The number of imide groups is 1. The predicted octanol–water partition coefficient (Wildman–Crippen LogP) is 1.52. The summed E-state index contributed by atoms with van der Waals surface area (Å²) in [6.07, 6.45) is 4.72. The fraction of sp³-hybridized carbons (Fsp3) is 0.609. The lowest BCUT2D eigenvalue weighted by atomic mass is 9.83. The van der Waals surface area contributed by atoms with E-state index in [2.05, 4.69) is 9.80 Å². The normalized spacial score (nSPS) is 25.1. The van der Waals surface area contributed by atoms with Crippen molar-refractivity contribution in [2.45, 2.75) is 57.0 Å². The molecule has 0 unspecified atom stereocenters. The van der Waals surface area contributed by atoms with Crippen LogP contribution < -0.4 is 15.4 Å². The van der Waals surface area contributed by atoms with Crippen LogP contribution in [0.2, 0.25) is 0 Å². The zero-order valence-electron chi connectivity index (χ0n) is 18.2. The van der Waals surface area contributed by atoms with Crippen LogP contribution in [0.1, 0.15) is 45.4 Å². The number of anilines is 1. The van der Waals surface area contributed by atoms with Gasteiger partial charge in [0.1, 0.15) is 11.3 Å². The lowest BCUT2D eigenvalue weighted by Gasteiger charge is -2.48. The molecule has 1 aromatic rings. The minimum absolute atomic E-state index is 0.158. The molecule has 3 fully saturated rings. The van der Waals surface area contributed by atoms with Gasteiger partial charge in [0.15, 0.2) is 0 Å². The maximum atomic E-state index is 13.2. The summed E-state index contributed by atoms with van der Waals surface area (Å²) >= 11 is 0. The Kier molecular flexibility index (Phi) is 6.29. The van der Waals surface area contributed by atoms with Crippen LogP contribution in [0.4, 0.5) is 5.69 Å². The summed E-state index contributed by atoms with van der Waals surface area (Å²) < 4.78 is 5.51. The van der Waals surface area contributed by atoms with Crippen molar-refractivity contribution < 1.29 is 19.1 Å². The quantitative estimate of drug-likeness (QED) is 0.691. The largest absolute Gasteiger partial charge is 0.494 e. The molecule has 3 aliphatic heterocycles. The van der Waals surface area contributed by atoms with Crippen molar-refractivity contribution in [2.24, 2.45) is 5.73 Å². The van der Waals surface area contributed by atoms with E-state index in [4.69, 9.17) is 10.5 Å². The van der Waals surface area contributed by atoms with Crippen molar-refractivity contribution in [2.75, 3.05) is 37.7 Å². The number of rotatable bonds is 6. The summed E-state index contributed by atoms with van der Waals surface area (Å²) in [6, 6.07) is 6.59. The fourth-order valence-corrected chi connectivity index (χ4v) is 5.30. The predicted molar refractivity (Wildman–Crippen MR) is 117 cm³/mol. The first-order chi connectivity index (χ1) is 15.0.